The predicted octanol–water partition coefficient (Wildman–Crippen LogP) is 1.93. The van der Waals surface area contributed by atoms with Crippen molar-refractivity contribution in [2.45, 2.75) is 32.5 Å². The van der Waals surface area contributed by atoms with Crippen molar-refractivity contribution in [2.75, 3.05) is 18.9 Å². The summed E-state index contributed by atoms with van der Waals surface area (Å²) in [6, 6.07) is 3.90. The van der Waals surface area contributed by atoms with Gasteiger partial charge in [0.25, 0.3) is 0 Å². The fraction of sp³-hybridized carbons (Fsp3) is 0.583. The molecule has 1 aromatic heterocycles. The van der Waals surface area contributed by atoms with E-state index in [2.05, 4.69) is 23.7 Å². The number of hydrogen-bond acceptors (Lipinski definition) is 4. The Morgan fingerprint density at radius 3 is 3.06 bits per heavy atom. The molecule has 1 aliphatic heterocycles. The lowest BCUT2D eigenvalue weighted by Gasteiger charge is -2.36. The smallest absolute Gasteiger partial charge is 0.123 e. The molecule has 0 amide bonds. The van der Waals surface area contributed by atoms with Gasteiger partial charge in [-0.25, -0.2) is 4.98 Å². The SMILES string of the molecule is CC1CN(Cc2nc(N)ccc2Cl)C(C)CO1. The maximum Gasteiger partial charge on any atom is 0.123 e. The quantitative estimate of drug-likeness (QED) is 0.877. The molecular weight excluding hydrogens is 238 g/mol. The van der Waals surface area contributed by atoms with Crippen LogP contribution in [0.5, 0.6) is 0 Å². The molecule has 1 aliphatic rings. The number of rotatable bonds is 2. The van der Waals surface area contributed by atoms with Gasteiger partial charge in [0.2, 0.25) is 0 Å². The minimum Gasteiger partial charge on any atom is -0.384 e. The first-order valence-electron chi connectivity index (χ1n) is 5.83. The third-order valence-electron chi connectivity index (χ3n) is 3.03. The summed E-state index contributed by atoms with van der Waals surface area (Å²) in [6.45, 7) is 6.59. The van der Waals surface area contributed by atoms with Gasteiger partial charge in [-0.3, -0.25) is 4.90 Å². The summed E-state index contributed by atoms with van der Waals surface area (Å²) in [7, 11) is 0. The lowest BCUT2D eigenvalue weighted by molar-refractivity contribution is -0.0530. The first-order chi connectivity index (χ1) is 8.06. The normalized spacial score (nSPS) is 26.1. The average Bonchev–Trinajstić information content (AvgIpc) is 2.28. The van der Waals surface area contributed by atoms with Gasteiger partial charge >= 0.3 is 0 Å². The molecule has 2 atom stereocenters. The van der Waals surface area contributed by atoms with Gasteiger partial charge in [-0.05, 0) is 26.0 Å². The second-order valence-electron chi connectivity index (χ2n) is 4.59. The third-order valence-corrected chi connectivity index (χ3v) is 3.37. The van der Waals surface area contributed by atoms with Gasteiger partial charge in [0, 0.05) is 19.1 Å². The van der Waals surface area contributed by atoms with Crippen LogP contribution in [0.3, 0.4) is 0 Å². The molecule has 0 spiro atoms. The molecule has 0 aromatic carbocycles. The van der Waals surface area contributed by atoms with Crippen LogP contribution in [0.1, 0.15) is 19.5 Å². The van der Waals surface area contributed by atoms with Gasteiger partial charge in [-0.2, -0.15) is 0 Å². The third kappa shape index (κ3) is 3.09. The second kappa shape index (κ2) is 5.21. The average molecular weight is 256 g/mol. The highest BCUT2D eigenvalue weighted by Crippen LogP contribution is 2.20. The van der Waals surface area contributed by atoms with Crippen molar-refractivity contribution in [3.05, 3.63) is 22.8 Å². The standard InChI is InChI=1S/C12H18ClN3O/c1-8-7-17-9(2)5-16(8)6-11-10(13)3-4-12(14)15-11/h3-4,8-9H,5-7H2,1-2H3,(H2,14,15). The number of nitrogens with zero attached hydrogens (tertiary/aromatic N) is 2. The molecule has 94 valence electrons. The second-order valence-corrected chi connectivity index (χ2v) is 4.99. The topological polar surface area (TPSA) is 51.4 Å². The van der Waals surface area contributed by atoms with Crippen molar-refractivity contribution in [3.8, 4) is 0 Å². The van der Waals surface area contributed by atoms with E-state index in [9.17, 15) is 0 Å². The van der Waals surface area contributed by atoms with Crippen molar-refractivity contribution in [1.82, 2.24) is 9.88 Å². The minimum atomic E-state index is 0.256. The van der Waals surface area contributed by atoms with Gasteiger partial charge in [-0.15, -0.1) is 0 Å². The minimum absolute atomic E-state index is 0.256. The molecule has 1 aromatic rings. The van der Waals surface area contributed by atoms with Crippen LogP contribution in [-0.4, -0.2) is 35.2 Å². The highest BCUT2D eigenvalue weighted by Gasteiger charge is 2.24. The molecule has 0 aliphatic carbocycles. The van der Waals surface area contributed by atoms with Gasteiger partial charge < -0.3 is 10.5 Å². The number of nitrogen functional groups attached to an aromatic ring is 1. The van der Waals surface area contributed by atoms with E-state index in [1.165, 1.54) is 0 Å². The Morgan fingerprint density at radius 1 is 1.53 bits per heavy atom. The Balaban J connectivity index is 2.11. The van der Waals surface area contributed by atoms with Crippen LogP contribution in [0.25, 0.3) is 0 Å². The number of pyridine rings is 1. The number of anilines is 1. The zero-order valence-corrected chi connectivity index (χ0v) is 10.9. The molecule has 17 heavy (non-hydrogen) atoms. The molecule has 1 fully saturated rings. The molecular formula is C12H18ClN3O. The van der Waals surface area contributed by atoms with Crippen LogP contribution in [0.15, 0.2) is 12.1 Å². The number of morpholine rings is 1. The predicted molar refractivity (Wildman–Crippen MR) is 68.9 cm³/mol. The van der Waals surface area contributed by atoms with E-state index in [1.807, 2.05) is 0 Å². The molecule has 2 heterocycles. The fourth-order valence-electron chi connectivity index (χ4n) is 2.00. The molecule has 4 nitrogen and oxygen atoms in total. The van der Waals surface area contributed by atoms with Crippen LogP contribution in [0.2, 0.25) is 5.02 Å². The van der Waals surface area contributed by atoms with Crippen molar-refractivity contribution in [3.63, 3.8) is 0 Å². The molecule has 5 heteroatoms. The van der Waals surface area contributed by atoms with Crippen LogP contribution in [0.4, 0.5) is 5.82 Å². The summed E-state index contributed by atoms with van der Waals surface area (Å²) >= 11 is 6.12. The lowest BCUT2D eigenvalue weighted by atomic mass is 10.2. The summed E-state index contributed by atoms with van der Waals surface area (Å²) in [6.07, 6.45) is 0.256. The van der Waals surface area contributed by atoms with Gasteiger partial charge in [-0.1, -0.05) is 11.6 Å². The molecule has 1 saturated heterocycles. The number of aromatic nitrogens is 1. The maximum atomic E-state index is 6.12. The van der Waals surface area contributed by atoms with E-state index >= 15 is 0 Å². The molecule has 0 bridgehead atoms. The highest BCUT2D eigenvalue weighted by atomic mass is 35.5. The molecule has 2 N–H and O–H groups in total. The van der Waals surface area contributed by atoms with Crippen molar-refractivity contribution in [2.24, 2.45) is 0 Å². The molecule has 2 rings (SSSR count). The Hall–Kier alpha value is -0.840. The lowest BCUT2D eigenvalue weighted by Crippen LogP contribution is -2.46. The van der Waals surface area contributed by atoms with Crippen LogP contribution < -0.4 is 5.73 Å². The van der Waals surface area contributed by atoms with Crippen LogP contribution in [0, 0.1) is 0 Å². The fourth-order valence-corrected chi connectivity index (χ4v) is 2.16. The van der Waals surface area contributed by atoms with Crippen LogP contribution >= 0.6 is 11.6 Å². The first-order valence-corrected chi connectivity index (χ1v) is 6.20. The molecule has 2 unspecified atom stereocenters. The Bertz CT molecular complexity index is 399. The zero-order chi connectivity index (χ0) is 12.4. The van der Waals surface area contributed by atoms with Gasteiger partial charge in [0.05, 0.1) is 23.4 Å². The van der Waals surface area contributed by atoms with E-state index < -0.39 is 0 Å². The van der Waals surface area contributed by atoms with E-state index in [-0.39, 0.29) is 6.10 Å². The van der Waals surface area contributed by atoms with Crippen molar-refractivity contribution < 1.29 is 4.74 Å². The van der Waals surface area contributed by atoms with E-state index in [4.69, 9.17) is 22.1 Å². The van der Waals surface area contributed by atoms with Crippen molar-refractivity contribution >= 4 is 17.4 Å². The summed E-state index contributed by atoms with van der Waals surface area (Å²) in [5, 5.41) is 0.672. The Morgan fingerprint density at radius 2 is 2.29 bits per heavy atom. The van der Waals surface area contributed by atoms with E-state index in [1.54, 1.807) is 12.1 Å². The van der Waals surface area contributed by atoms with E-state index in [0.29, 0.717) is 16.9 Å². The largest absolute Gasteiger partial charge is 0.384 e. The summed E-state index contributed by atoms with van der Waals surface area (Å²) in [5.41, 5.74) is 6.52. The monoisotopic (exact) mass is 255 g/mol. The zero-order valence-electron chi connectivity index (χ0n) is 10.2. The first kappa shape index (κ1) is 12.6. The summed E-state index contributed by atoms with van der Waals surface area (Å²) < 4.78 is 5.59. The van der Waals surface area contributed by atoms with Gasteiger partial charge in [0.15, 0.2) is 0 Å². The number of ether oxygens (including phenoxy) is 1. The van der Waals surface area contributed by atoms with Crippen LogP contribution in [-0.2, 0) is 11.3 Å². The Labute approximate surface area is 107 Å². The van der Waals surface area contributed by atoms with E-state index in [0.717, 1.165) is 25.4 Å². The van der Waals surface area contributed by atoms with Gasteiger partial charge in [0.1, 0.15) is 5.82 Å². The maximum absolute atomic E-state index is 6.12. The molecule has 0 saturated carbocycles. The molecule has 0 radical (unpaired) electrons. The number of halogens is 1. The number of nitrogens with two attached hydrogens (primary N) is 1. The summed E-state index contributed by atoms with van der Waals surface area (Å²) in [4.78, 5) is 6.61. The Kier molecular flexibility index (Phi) is 3.86. The number of hydrogen-bond donors (Lipinski definition) is 1. The summed E-state index contributed by atoms with van der Waals surface area (Å²) in [5.74, 6) is 0.512. The van der Waals surface area contributed by atoms with Crippen molar-refractivity contribution in [1.29, 1.82) is 0 Å². The highest BCUT2D eigenvalue weighted by molar-refractivity contribution is 6.31.